The van der Waals surface area contributed by atoms with Crippen LogP contribution in [0.5, 0.6) is 0 Å². The van der Waals surface area contributed by atoms with Gasteiger partial charge in [0.2, 0.25) is 4.77 Å². The van der Waals surface area contributed by atoms with Crippen molar-refractivity contribution < 1.29 is 4.90 Å². The Labute approximate surface area is 167 Å². The van der Waals surface area contributed by atoms with Gasteiger partial charge in [-0.15, -0.1) is 5.10 Å². The number of aromatic nitrogens is 4. The first-order valence-electron chi connectivity index (χ1n) is 8.33. The van der Waals surface area contributed by atoms with Crippen molar-refractivity contribution >= 4 is 35.4 Å². The Balaban J connectivity index is 1.82. The van der Waals surface area contributed by atoms with Crippen LogP contribution in [-0.2, 0) is 19.8 Å². The Morgan fingerprint density at radius 3 is 2.50 bits per heavy atom. The normalized spacial score (nSPS) is 12.3. The van der Waals surface area contributed by atoms with E-state index in [2.05, 4.69) is 19.0 Å². The Kier molecular flexibility index (Phi) is 6.09. The third-order valence-electron chi connectivity index (χ3n) is 4.09. The summed E-state index contributed by atoms with van der Waals surface area (Å²) in [5.74, 6) is 0.863. The molecular formula is C18H20Cl2N5S+. The number of hydrogen-bond donors (Lipinski definition) is 1. The maximum absolute atomic E-state index is 6.11. The summed E-state index contributed by atoms with van der Waals surface area (Å²) < 4.78 is 4.63. The lowest BCUT2D eigenvalue weighted by Gasteiger charge is -2.14. The second-order valence-electron chi connectivity index (χ2n) is 6.13. The zero-order valence-electron chi connectivity index (χ0n) is 14.6. The van der Waals surface area contributed by atoms with Crippen LogP contribution in [0.3, 0.4) is 0 Å². The molecule has 1 unspecified atom stereocenters. The van der Waals surface area contributed by atoms with E-state index in [1.165, 1.54) is 4.90 Å². The van der Waals surface area contributed by atoms with Crippen LogP contribution in [-0.4, -0.2) is 26.4 Å². The lowest BCUT2D eigenvalue weighted by molar-refractivity contribution is -0.917. The predicted molar refractivity (Wildman–Crippen MR) is 107 cm³/mol. The van der Waals surface area contributed by atoms with Crippen molar-refractivity contribution in [3.63, 3.8) is 0 Å². The summed E-state index contributed by atoms with van der Waals surface area (Å²) in [6.45, 7) is 4.29. The fourth-order valence-corrected chi connectivity index (χ4v) is 3.49. The molecule has 0 amide bonds. The van der Waals surface area contributed by atoms with Gasteiger partial charge >= 0.3 is 0 Å². The zero-order chi connectivity index (χ0) is 18.7. The molecule has 2 aromatic heterocycles. The van der Waals surface area contributed by atoms with Gasteiger partial charge in [-0.1, -0.05) is 29.3 Å². The van der Waals surface area contributed by atoms with E-state index in [4.69, 9.17) is 40.5 Å². The van der Waals surface area contributed by atoms with Gasteiger partial charge in [-0.25, -0.2) is 0 Å². The van der Waals surface area contributed by atoms with Crippen LogP contribution in [0.15, 0.2) is 42.7 Å². The average Bonchev–Trinajstić information content (AvgIpc) is 2.94. The van der Waals surface area contributed by atoms with Gasteiger partial charge in [-0.2, -0.15) is 4.68 Å². The highest BCUT2D eigenvalue weighted by molar-refractivity contribution is 7.71. The number of pyridine rings is 1. The largest absolute Gasteiger partial charge is 0.315 e. The summed E-state index contributed by atoms with van der Waals surface area (Å²) in [5.41, 5.74) is 2.13. The van der Waals surface area contributed by atoms with Crippen LogP contribution in [0, 0.1) is 4.77 Å². The summed E-state index contributed by atoms with van der Waals surface area (Å²) in [6.07, 6.45) is 3.53. The smallest absolute Gasteiger partial charge is 0.203 e. The van der Waals surface area contributed by atoms with E-state index in [9.17, 15) is 0 Å². The molecule has 0 radical (unpaired) electrons. The van der Waals surface area contributed by atoms with Gasteiger partial charge in [-0.05, 0) is 43.4 Å². The van der Waals surface area contributed by atoms with Crippen molar-refractivity contribution in [3.05, 3.63) is 63.1 Å². The van der Waals surface area contributed by atoms with Gasteiger partial charge in [-0.3, -0.25) is 4.98 Å². The number of halogens is 2. The minimum absolute atomic E-state index is 0.568. The first kappa shape index (κ1) is 19.0. The van der Waals surface area contributed by atoms with Crippen molar-refractivity contribution in [3.8, 4) is 11.4 Å². The molecule has 1 aromatic carbocycles. The number of rotatable bonds is 6. The van der Waals surface area contributed by atoms with E-state index in [1.807, 2.05) is 39.6 Å². The highest BCUT2D eigenvalue weighted by Gasteiger charge is 2.14. The molecule has 0 saturated heterocycles. The van der Waals surface area contributed by atoms with E-state index in [0.29, 0.717) is 21.5 Å². The minimum atomic E-state index is 0.568. The molecule has 136 valence electrons. The molecule has 2 heterocycles. The first-order chi connectivity index (χ1) is 12.5. The molecule has 0 aliphatic carbocycles. The maximum Gasteiger partial charge on any atom is 0.203 e. The Morgan fingerprint density at radius 2 is 1.85 bits per heavy atom. The van der Waals surface area contributed by atoms with Crippen LogP contribution in [0.1, 0.15) is 12.5 Å². The second-order valence-corrected chi connectivity index (χ2v) is 7.31. The highest BCUT2D eigenvalue weighted by atomic mass is 35.5. The molecular weight excluding hydrogens is 389 g/mol. The number of nitrogens with zero attached hydrogens (tertiary/aromatic N) is 4. The van der Waals surface area contributed by atoms with Gasteiger partial charge in [0.25, 0.3) is 0 Å². The molecule has 3 rings (SSSR count). The Morgan fingerprint density at radius 1 is 1.12 bits per heavy atom. The summed E-state index contributed by atoms with van der Waals surface area (Å²) in [4.78, 5) is 5.31. The molecule has 0 bridgehead atoms. The molecule has 1 atom stereocenters. The topological polar surface area (TPSA) is 40.1 Å². The molecule has 5 nitrogen and oxygen atoms in total. The van der Waals surface area contributed by atoms with Crippen molar-refractivity contribution in [2.24, 2.45) is 0 Å². The van der Waals surface area contributed by atoms with Crippen molar-refractivity contribution in [1.29, 1.82) is 0 Å². The molecule has 3 aromatic rings. The fraction of sp³-hybridized carbons (Fsp3) is 0.278. The van der Waals surface area contributed by atoms with Gasteiger partial charge in [0.1, 0.15) is 6.54 Å². The van der Waals surface area contributed by atoms with Crippen LogP contribution in [0.2, 0.25) is 10.0 Å². The van der Waals surface area contributed by atoms with Crippen molar-refractivity contribution in [1.82, 2.24) is 19.3 Å². The van der Waals surface area contributed by atoms with Gasteiger partial charge in [0.15, 0.2) is 12.5 Å². The summed E-state index contributed by atoms with van der Waals surface area (Å²) >= 11 is 17.7. The van der Waals surface area contributed by atoms with Gasteiger partial charge in [0.05, 0.1) is 17.1 Å². The molecule has 0 aliphatic heterocycles. The fourth-order valence-electron chi connectivity index (χ4n) is 2.85. The number of quaternary nitrogens is 1. The summed E-state index contributed by atoms with van der Waals surface area (Å²) in [6, 6.07) is 9.61. The minimum Gasteiger partial charge on any atom is -0.315 e. The Bertz CT molecular complexity index is 952. The molecule has 1 N–H and O–H groups in total. The summed E-state index contributed by atoms with van der Waals surface area (Å²) in [7, 11) is 2.10. The number of nitrogens with one attached hydrogen (secondary N) is 1. The molecule has 0 fully saturated rings. The zero-order valence-corrected chi connectivity index (χ0v) is 16.9. The molecule has 0 spiro atoms. The van der Waals surface area contributed by atoms with Crippen LogP contribution < -0.4 is 4.90 Å². The standard InChI is InChI=1S/C18H19Cl2N5S/c1-3-24-17(14-6-8-21-9-7-14)22-25(18(24)26)12-23(2)11-13-4-5-15(19)16(20)10-13/h4-10H,3,11-12H2,1-2H3/p+1. The lowest BCUT2D eigenvalue weighted by atomic mass is 10.2. The molecule has 0 saturated carbocycles. The van der Waals surface area contributed by atoms with E-state index >= 15 is 0 Å². The quantitative estimate of drug-likeness (QED) is 0.634. The van der Waals surface area contributed by atoms with E-state index < -0.39 is 0 Å². The van der Waals surface area contributed by atoms with Gasteiger partial charge < -0.3 is 9.47 Å². The van der Waals surface area contributed by atoms with Crippen molar-refractivity contribution in [2.75, 3.05) is 7.05 Å². The van der Waals surface area contributed by atoms with Crippen LogP contribution in [0.25, 0.3) is 11.4 Å². The maximum atomic E-state index is 6.11. The van der Waals surface area contributed by atoms with E-state index in [0.717, 1.165) is 30.0 Å². The first-order valence-corrected chi connectivity index (χ1v) is 9.49. The van der Waals surface area contributed by atoms with Crippen molar-refractivity contribution in [2.45, 2.75) is 26.7 Å². The van der Waals surface area contributed by atoms with Crippen LogP contribution >= 0.6 is 35.4 Å². The molecule has 26 heavy (non-hydrogen) atoms. The van der Waals surface area contributed by atoms with Gasteiger partial charge in [0, 0.05) is 30.1 Å². The number of benzene rings is 1. The number of hydrogen-bond acceptors (Lipinski definition) is 3. The molecule has 8 heteroatoms. The second kappa shape index (κ2) is 8.31. The predicted octanol–water partition coefficient (Wildman–Crippen LogP) is 3.48. The SMILES string of the molecule is CCn1c(-c2ccncc2)nn(C[NH+](C)Cc2ccc(Cl)c(Cl)c2)c1=S. The van der Waals surface area contributed by atoms with E-state index in [1.54, 1.807) is 12.4 Å². The van der Waals surface area contributed by atoms with Crippen LogP contribution in [0.4, 0.5) is 0 Å². The monoisotopic (exact) mass is 408 g/mol. The average molecular weight is 409 g/mol. The van der Waals surface area contributed by atoms with E-state index in [-0.39, 0.29) is 0 Å². The molecule has 0 aliphatic rings. The third kappa shape index (κ3) is 4.15. The third-order valence-corrected chi connectivity index (χ3v) is 5.26. The lowest BCUT2D eigenvalue weighted by Crippen LogP contribution is -3.07. The summed E-state index contributed by atoms with van der Waals surface area (Å²) in [5, 5.41) is 5.89. The Hall–Kier alpha value is -1.73. The highest BCUT2D eigenvalue weighted by Crippen LogP contribution is 2.22.